The molecular formula is C29H39N5O4. The molecule has 0 saturated carbocycles. The van der Waals surface area contributed by atoms with Crippen molar-refractivity contribution in [1.29, 1.82) is 0 Å². The van der Waals surface area contributed by atoms with E-state index in [1.54, 1.807) is 12.0 Å². The van der Waals surface area contributed by atoms with Crippen molar-refractivity contribution >= 4 is 22.9 Å². The van der Waals surface area contributed by atoms with Crippen molar-refractivity contribution in [3.8, 4) is 17.1 Å². The molecule has 204 valence electrons. The summed E-state index contributed by atoms with van der Waals surface area (Å²) in [5.74, 6) is 2.50. The van der Waals surface area contributed by atoms with Crippen molar-refractivity contribution in [1.82, 2.24) is 19.4 Å². The normalized spacial score (nSPS) is 22.2. The van der Waals surface area contributed by atoms with E-state index in [0.717, 1.165) is 34.0 Å². The Morgan fingerprint density at radius 3 is 2.55 bits per heavy atom. The first kappa shape index (κ1) is 26.3. The third kappa shape index (κ3) is 5.16. The molecule has 1 amide bonds. The van der Waals surface area contributed by atoms with Crippen LogP contribution in [0.5, 0.6) is 5.75 Å². The van der Waals surface area contributed by atoms with Gasteiger partial charge < -0.3 is 23.7 Å². The number of morpholine rings is 1. The summed E-state index contributed by atoms with van der Waals surface area (Å²) in [5, 5.41) is 0. The highest BCUT2D eigenvalue weighted by Gasteiger charge is 2.33. The number of benzene rings is 1. The van der Waals surface area contributed by atoms with Gasteiger partial charge in [0.2, 0.25) is 0 Å². The molecule has 2 aliphatic rings. The van der Waals surface area contributed by atoms with Gasteiger partial charge in [0.25, 0.3) is 0 Å². The first-order chi connectivity index (χ1) is 18.2. The molecule has 1 aromatic carbocycles. The summed E-state index contributed by atoms with van der Waals surface area (Å²) >= 11 is 0. The fraction of sp³-hybridized carbons (Fsp3) is 0.552. The van der Waals surface area contributed by atoms with Crippen LogP contribution >= 0.6 is 0 Å². The summed E-state index contributed by atoms with van der Waals surface area (Å²) in [6, 6.07) is 10.8. The molecule has 3 atom stereocenters. The second kappa shape index (κ2) is 10.4. The minimum Gasteiger partial charge on any atom is -0.494 e. The Balaban J connectivity index is 1.53. The molecule has 9 heteroatoms. The predicted octanol–water partition coefficient (Wildman–Crippen LogP) is 5.12. The third-order valence-electron chi connectivity index (χ3n) is 7.42. The van der Waals surface area contributed by atoms with E-state index < -0.39 is 5.60 Å². The molecule has 2 fully saturated rings. The second-order valence-corrected chi connectivity index (χ2v) is 11.4. The van der Waals surface area contributed by atoms with Gasteiger partial charge in [-0.2, -0.15) is 0 Å². The molecule has 4 heterocycles. The number of nitrogens with zero attached hydrogens (tertiary/aromatic N) is 5. The van der Waals surface area contributed by atoms with Crippen LogP contribution in [0, 0.1) is 0 Å². The number of anilines is 1. The fourth-order valence-electron chi connectivity index (χ4n) is 5.61. The Hall–Kier alpha value is -3.33. The van der Waals surface area contributed by atoms with Gasteiger partial charge in [-0.1, -0.05) is 6.07 Å². The second-order valence-electron chi connectivity index (χ2n) is 11.4. The smallest absolute Gasteiger partial charge is 0.410 e. The van der Waals surface area contributed by atoms with Gasteiger partial charge in [0, 0.05) is 36.9 Å². The topological polar surface area (TPSA) is 82.0 Å². The minimum absolute atomic E-state index is 0.224. The van der Waals surface area contributed by atoms with Crippen LogP contribution in [0.15, 0.2) is 36.5 Å². The lowest BCUT2D eigenvalue weighted by molar-refractivity contribution is -0.0355. The van der Waals surface area contributed by atoms with Crippen LogP contribution in [0.1, 0.15) is 47.5 Å². The number of fused-ring (bicyclic) bond motifs is 1. The average Bonchev–Trinajstić information content (AvgIpc) is 3.42. The van der Waals surface area contributed by atoms with Crippen LogP contribution in [0.3, 0.4) is 0 Å². The first-order valence-electron chi connectivity index (χ1n) is 13.5. The quantitative estimate of drug-likeness (QED) is 0.461. The van der Waals surface area contributed by atoms with Crippen molar-refractivity contribution in [2.75, 3.05) is 31.8 Å². The zero-order chi connectivity index (χ0) is 27.0. The summed E-state index contributed by atoms with van der Waals surface area (Å²) in [5.41, 5.74) is 2.04. The number of imidazole rings is 1. The van der Waals surface area contributed by atoms with E-state index in [-0.39, 0.29) is 12.1 Å². The average molecular weight is 522 g/mol. The van der Waals surface area contributed by atoms with Gasteiger partial charge in [0.1, 0.15) is 28.5 Å². The van der Waals surface area contributed by atoms with E-state index in [4.69, 9.17) is 24.2 Å². The zero-order valence-corrected chi connectivity index (χ0v) is 23.3. The maximum Gasteiger partial charge on any atom is 0.410 e. The Bertz CT molecular complexity index is 1270. The Morgan fingerprint density at radius 2 is 1.89 bits per heavy atom. The molecule has 0 bridgehead atoms. The van der Waals surface area contributed by atoms with Gasteiger partial charge in [-0.3, -0.25) is 4.90 Å². The maximum absolute atomic E-state index is 13.1. The Kier molecular flexibility index (Phi) is 7.22. The molecule has 0 radical (unpaired) electrons. The number of ether oxygens (including phenoxy) is 3. The van der Waals surface area contributed by atoms with E-state index in [1.165, 1.54) is 12.8 Å². The molecule has 9 nitrogen and oxygen atoms in total. The van der Waals surface area contributed by atoms with Crippen molar-refractivity contribution < 1.29 is 19.0 Å². The monoisotopic (exact) mass is 521 g/mol. The zero-order valence-electron chi connectivity index (χ0n) is 23.3. The highest BCUT2D eigenvalue weighted by atomic mass is 16.6. The molecule has 0 N–H and O–H groups in total. The van der Waals surface area contributed by atoms with Crippen LogP contribution in [0.25, 0.3) is 22.4 Å². The van der Waals surface area contributed by atoms with Crippen molar-refractivity contribution in [3.63, 3.8) is 0 Å². The number of aromatic nitrogens is 3. The van der Waals surface area contributed by atoms with Gasteiger partial charge in [-0.25, -0.2) is 14.8 Å². The third-order valence-corrected chi connectivity index (χ3v) is 7.42. The van der Waals surface area contributed by atoms with Crippen LogP contribution in [-0.2, 0) is 16.0 Å². The maximum atomic E-state index is 13.1. The largest absolute Gasteiger partial charge is 0.494 e. The van der Waals surface area contributed by atoms with E-state index in [2.05, 4.69) is 35.4 Å². The molecule has 2 saturated heterocycles. The number of carbonyl (C=O) groups excluding carboxylic acids is 1. The lowest BCUT2D eigenvalue weighted by Crippen LogP contribution is -2.52. The number of rotatable bonds is 5. The number of amides is 1. The Labute approximate surface area is 224 Å². The SMILES string of the molecule is COc1cccc2nc(-c3ccc(N4[C@@H](C)CC[C@@H]4C)nc3)n(CC3COCCN3C(=O)OC(C)(C)C)c12. The van der Waals surface area contributed by atoms with Gasteiger partial charge >= 0.3 is 6.09 Å². The predicted molar refractivity (Wildman–Crippen MR) is 148 cm³/mol. The van der Waals surface area contributed by atoms with Gasteiger partial charge in [0.05, 0.1) is 31.9 Å². The van der Waals surface area contributed by atoms with Crippen molar-refractivity contribution in [2.45, 2.75) is 77.7 Å². The summed E-state index contributed by atoms with van der Waals surface area (Å²) in [6.07, 6.45) is 3.93. The minimum atomic E-state index is -0.576. The summed E-state index contributed by atoms with van der Waals surface area (Å²) in [7, 11) is 1.66. The fourth-order valence-corrected chi connectivity index (χ4v) is 5.61. The number of hydrogen-bond acceptors (Lipinski definition) is 7. The van der Waals surface area contributed by atoms with Crippen molar-refractivity contribution in [3.05, 3.63) is 36.5 Å². The number of carbonyl (C=O) groups is 1. The molecule has 2 aromatic heterocycles. The molecule has 1 unspecified atom stereocenters. The van der Waals surface area contributed by atoms with Crippen LogP contribution in [-0.4, -0.2) is 76.1 Å². The highest BCUT2D eigenvalue weighted by Crippen LogP contribution is 2.34. The lowest BCUT2D eigenvalue weighted by atomic mass is 10.2. The van der Waals surface area contributed by atoms with E-state index >= 15 is 0 Å². The van der Waals surface area contributed by atoms with E-state index in [9.17, 15) is 4.79 Å². The molecular weight excluding hydrogens is 482 g/mol. The molecule has 5 rings (SSSR count). The molecule has 38 heavy (non-hydrogen) atoms. The standard InChI is InChI=1S/C29H39N5O4/c1-19-10-11-20(2)34(19)25-13-12-21(16-30-25)27-31-23-8-7-9-24(36-6)26(23)33(27)17-22-18-37-15-14-32(22)28(35)38-29(3,4)5/h7-9,12-13,16,19-20,22H,10-11,14-15,17-18H2,1-6H3/t19-,20-,22?/m0/s1. The molecule has 3 aromatic rings. The van der Waals surface area contributed by atoms with Crippen LogP contribution in [0.2, 0.25) is 0 Å². The van der Waals surface area contributed by atoms with E-state index in [1.807, 2.05) is 45.2 Å². The summed E-state index contributed by atoms with van der Waals surface area (Å²) < 4.78 is 19.4. The molecule has 0 aliphatic carbocycles. The first-order valence-corrected chi connectivity index (χ1v) is 13.5. The lowest BCUT2D eigenvalue weighted by Gasteiger charge is -2.37. The van der Waals surface area contributed by atoms with Gasteiger partial charge in [0.15, 0.2) is 0 Å². The Morgan fingerprint density at radius 1 is 1.13 bits per heavy atom. The van der Waals surface area contributed by atoms with E-state index in [0.29, 0.717) is 38.4 Å². The molecule has 2 aliphatic heterocycles. The summed E-state index contributed by atoms with van der Waals surface area (Å²) in [6.45, 7) is 12.0. The molecule has 0 spiro atoms. The number of methoxy groups -OCH3 is 1. The van der Waals surface area contributed by atoms with Crippen molar-refractivity contribution in [2.24, 2.45) is 0 Å². The van der Waals surface area contributed by atoms with Gasteiger partial charge in [-0.05, 0) is 71.7 Å². The van der Waals surface area contributed by atoms with Crippen LogP contribution in [0.4, 0.5) is 10.6 Å². The number of para-hydroxylation sites is 1. The van der Waals surface area contributed by atoms with Gasteiger partial charge in [-0.15, -0.1) is 0 Å². The number of pyridine rings is 1. The summed E-state index contributed by atoms with van der Waals surface area (Å²) in [4.78, 5) is 27.1. The highest BCUT2D eigenvalue weighted by molar-refractivity contribution is 5.86. The van der Waals surface area contributed by atoms with Crippen LogP contribution < -0.4 is 9.64 Å². The number of hydrogen-bond donors (Lipinski definition) is 0.